The van der Waals surface area contributed by atoms with Gasteiger partial charge in [0.15, 0.2) is 0 Å². The van der Waals surface area contributed by atoms with Crippen LogP contribution in [0.1, 0.15) is 24.8 Å². The molecule has 0 aliphatic heterocycles. The summed E-state index contributed by atoms with van der Waals surface area (Å²) in [5.74, 6) is -2.25. The molecule has 17 heavy (non-hydrogen) atoms. The molecule has 0 spiro atoms. The highest BCUT2D eigenvalue weighted by molar-refractivity contribution is 7.98. The van der Waals surface area contributed by atoms with Crippen molar-refractivity contribution in [1.29, 1.82) is 0 Å². The van der Waals surface area contributed by atoms with Crippen molar-refractivity contribution in [1.82, 2.24) is 0 Å². The standard InChI is InChI=1S/C12H12F2O2S/c1-17-10-6-8(13)7(5-9(10)14)12(11(15)16)3-2-4-12/h5-6H,2-4H2,1H3,(H,15,16). The molecule has 1 fully saturated rings. The van der Waals surface area contributed by atoms with Gasteiger partial charge in [0.05, 0.1) is 5.41 Å². The molecular weight excluding hydrogens is 246 g/mol. The zero-order valence-electron chi connectivity index (χ0n) is 9.30. The van der Waals surface area contributed by atoms with Crippen LogP contribution < -0.4 is 0 Å². The van der Waals surface area contributed by atoms with Crippen molar-refractivity contribution in [2.75, 3.05) is 6.26 Å². The molecule has 0 radical (unpaired) electrons. The first-order valence-corrected chi connectivity index (χ1v) is 6.50. The number of rotatable bonds is 3. The Hall–Kier alpha value is -1.10. The summed E-state index contributed by atoms with van der Waals surface area (Å²) in [7, 11) is 0. The lowest BCUT2D eigenvalue weighted by Crippen LogP contribution is -2.43. The van der Waals surface area contributed by atoms with Gasteiger partial charge in [0.2, 0.25) is 0 Å². The van der Waals surface area contributed by atoms with E-state index in [1.165, 1.54) is 0 Å². The van der Waals surface area contributed by atoms with E-state index in [0.717, 1.165) is 30.3 Å². The molecule has 1 aliphatic rings. The lowest BCUT2D eigenvalue weighted by molar-refractivity contribution is -0.147. The SMILES string of the molecule is CSc1cc(F)c(C2(C(=O)O)CCC2)cc1F. The van der Waals surface area contributed by atoms with E-state index in [9.17, 15) is 18.7 Å². The van der Waals surface area contributed by atoms with Crippen LogP contribution in [0.25, 0.3) is 0 Å². The number of carbonyl (C=O) groups is 1. The molecular formula is C12H12F2O2S. The molecule has 0 heterocycles. The van der Waals surface area contributed by atoms with Crippen molar-refractivity contribution in [3.63, 3.8) is 0 Å². The number of halogens is 2. The van der Waals surface area contributed by atoms with Gasteiger partial charge in [-0.15, -0.1) is 11.8 Å². The second kappa shape index (κ2) is 4.29. The Kier molecular flexibility index (Phi) is 3.12. The minimum Gasteiger partial charge on any atom is -0.481 e. The van der Waals surface area contributed by atoms with E-state index in [0.29, 0.717) is 12.8 Å². The smallest absolute Gasteiger partial charge is 0.314 e. The Morgan fingerprint density at radius 3 is 2.41 bits per heavy atom. The zero-order chi connectivity index (χ0) is 12.6. The Balaban J connectivity index is 2.52. The molecule has 0 unspecified atom stereocenters. The number of hydrogen-bond donors (Lipinski definition) is 1. The summed E-state index contributed by atoms with van der Waals surface area (Å²) in [5.41, 5.74) is -1.24. The molecule has 92 valence electrons. The fourth-order valence-electron chi connectivity index (χ4n) is 2.18. The molecule has 0 saturated heterocycles. The fraction of sp³-hybridized carbons (Fsp3) is 0.417. The molecule has 0 atom stereocenters. The van der Waals surface area contributed by atoms with Crippen LogP contribution in [0.15, 0.2) is 17.0 Å². The van der Waals surface area contributed by atoms with Gasteiger partial charge >= 0.3 is 5.97 Å². The van der Waals surface area contributed by atoms with Gasteiger partial charge in [-0.3, -0.25) is 4.79 Å². The van der Waals surface area contributed by atoms with Crippen molar-refractivity contribution in [2.45, 2.75) is 29.6 Å². The molecule has 2 nitrogen and oxygen atoms in total. The number of thioether (sulfide) groups is 1. The van der Waals surface area contributed by atoms with E-state index in [1.54, 1.807) is 6.26 Å². The molecule has 1 saturated carbocycles. The van der Waals surface area contributed by atoms with E-state index >= 15 is 0 Å². The largest absolute Gasteiger partial charge is 0.481 e. The van der Waals surface area contributed by atoms with Gasteiger partial charge in [-0.25, -0.2) is 8.78 Å². The number of carboxylic acids is 1. The highest BCUT2D eigenvalue weighted by Crippen LogP contribution is 2.45. The van der Waals surface area contributed by atoms with Crippen LogP contribution in [0.4, 0.5) is 8.78 Å². The van der Waals surface area contributed by atoms with E-state index in [1.807, 2.05) is 0 Å². The number of carboxylic acid groups (broad SMARTS) is 1. The lowest BCUT2D eigenvalue weighted by Gasteiger charge is -2.38. The van der Waals surface area contributed by atoms with Crippen molar-refractivity contribution in [3.05, 3.63) is 29.3 Å². The molecule has 1 aromatic carbocycles. The summed E-state index contributed by atoms with van der Waals surface area (Å²) in [5, 5.41) is 9.18. The zero-order valence-corrected chi connectivity index (χ0v) is 10.1. The fourth-order valence-corrected chi connectivity index (χ4v) is 2.66. The van der Waals surface area contributed by atoms with E-state index < -0.39 is 23.0 Å². The third-order valence-electron chi connectivity index (χ3n) is 3.37. The predicted molar refractivity (Wildman–Crippen MR) is 61.3 cm³/mol. The molecule has 1 N–H and O–H groups in total. The quantitative estimate of drug-likeness (QED) is 0.846. The summed E-state index contributed by atoms with van der Waals surface area (Å²) >= 11 is 1.10. The maximum Gasteiger partial charge on any atom is 0.314 e. The van der Waals surface area contributed by atoms with Gasteiger partial charge in [0, 0.05) is 10.5 Å². The van der Waals surface area contributed by atoms with Crippen LogP contribution in [-0.2, 0) is 10.2 Å². The minimum atomic E-state index is -1.22. The average Bonchev–Trinajstić information content (AvgIpc) is 2.20. The molecule has 0 amide bonds. The molecule has 0 bridgehead atoms. The summed E-state index contributed by atoms with van der Waals surface area (Å²) in [6.07, 6.45) is 3.13. The number of hydrogen-bond acceptors (Lipinski definition) is 2. The monoisotopic (exact) mass is 258 g/mol. The topological polar surface area (TPSA) is 37.3 Å². The van der Waals surface area contributed by atoms with Crippen LogP contribution in [0.5, 0.6) is 0 Å². The summed E-state index contributed by atoms with van der Waals surface area (Å²) < 4.78 is 27.5. The van der Waals surface area contributed by atoms with Crippen molar-refractivity contribution in [2.24, 2.45) is 0 Å². The van der Waals surface area contributed by atoms with Gasteiger partial charge < -0.3 is 5.11 Å². The van der Waals surface area contributed by atoms with Crippen LogP contribution in [0.3, 0.4) is 0 Å². The maximum atomic E-state index is 13.9. The Bertz CT molecular complexity index is 470. The minimum absolute atomic E-state index is 0.0217. The van der Waals surface area contributed by atoms with Crippen LogP contribution >= 0.6 is 11.8 Å². The first-order valence-electron chi connectivity index (χ1n) is 5.28. The summed E-state index contributed by atoms with van der Waals surface area (Å²) in [6.45, 7) is 0. The predicted octanol–water partition coefficient (Wildman–Crippen LogP) is 3.19. The van der Waals surface area contributed by atoms with Gasteiger partial charge in [-0.05, 0) is 31.2 Å². The van der Waals surface area contributed by atoms with Crippen LogP contribution in [0.2, 0.25) is 0 Å². The molecule has 1 aliphatic carbocycles. The van der Waals surface area contributed by atoms with Gasteiger partial charge in [0.25, 0.3) is 0 Å². The van der Waals surface area contributed by atoms with Gasteiger partial charge in [-0.1, -0.05) is 6.42 Å². The summed E-state index contributed by atoms with van der Waals surface area (Å²) in [4.78, 5) is 11.4. The molecule has 0 aromatic heterocycles. The normalized spacial score (nSPS) is 17.6. The highest BCUT2D eigenvalue weighted by Gasteiger charge is 2.47. The van der Waals surface area contributed by atoms with Crippen LogP contribution in [0, 0.1) is 11.6 Å². The number of aliphatic carboxylic acids is 1. The van der Waals surface area contributed by atoms with Gasteiger partial charge in [-0.2, -0.15) is 0 Å². The highest BCUT2D eigenvalue weighted by atomic mass is 32.2. The van der Waals surface area contributed by atoms with Crippen molar-refractivity contribution >= 4 is 17.7 Å². The third kappa shape index (κ3) is 1.82. The molecule has 1 aromatic rings. The second-order valence-electron chi connectivity index (χ2n) is 4.21. The van der Waals surface area contributed by atoms with Crippen molar-refractivity contribution < 1.29 is 18.7 Å². The second-order valence-corrected chi connectivity index (χ2v) is 5.06. The maximum absolute atomic E-state index is 13.9. The molecule has 5 heteroatoms. The molecule has 2 rings (SSSR count). The van der Waals surface area contributed by atoms with E-state index in [4.69, 9.17) is 0 Å². The summed E-state index contributed by atoms with van der Waals surface area (Å²) in [6, 6.07) is 2.12. The first kappa shape index (κ1) is 12.4. The first-order chi connectivity index (χ1) is 8.01. The third-order valence-corrected chi connectivity index (χ3v) is 4.13. The lowest BCUT2D eigenvalue weighted by atomic mass is 9.64. The number of benzene rings is 1. The Morgan fingerprint density at radius 1 is 1.35 bits per heavy atom. The average molecular weight is 258 g/mol. The van der Waals surface area contributed by atoms with Gasteiger partial charge in [0.1, 0.15) is 11.6 Å². The Labute approximate surface area is 102 Å². The van der Waals surface area contributed by atoms with E-state index in [-0.39, 0.29) is 10.5 Å². The van der Waals surface area contributed by atoms with E-state index in [2.05, 4.69) is 0 Å². The van der Waals surface area contributed by atoms with Crippen LogP contribution in [-0.4, -0.2) is 17.3 Å². The van der Waals surface area contributed by atoms with Crippen molar-refractivity contribution in [3.8, 4) is 0 Å². The Morgan fingerprint density at radius 2 is 2.00 bits per heavy atom.